The number of anilines is 2. The molecule has 0 spiro atoms. The molecule has 2 amide bonds. The van der Waals surface area contributed by atoms with E-state index in [-0.39, 0.29) is 41.0 Å². The largest absolute Gasteiger partial charge is 0.506 e. The van der Waals surface area contributed by atoms with Gasteiger partial charge in [0.15, 0.2) is 10.9 Å². The lowest BCUT2D eigenvalue weighted by molar-refractivity contribution is -0.728. The molecule has 2 aromatic carbocycles. The zero-order valence-electron chi connectivity index (χ0n) is 31.3. The minimum Gasteiger partial charge on any atom is -0.506 e. The number of allylic oxidation sites excluding steroid dienone is 2. The summed E-state index contributed by atoms with van der Waals surface area (Å²) in [5.74, 6) is 0.284. The van der Waals surface area contributed by atoms with Crippen molar-refractivity contribution in [2.45, 2.75) is 78.1 Å². The number of aliphatic hydroxyl groups excluding tert-OH is 1. The summed E-state index contributed by atoms with van der Waals surface area (Å²) in [5, 5.41) is 22.3. The van der Waals surface area contributed by atoms with Crippen molar-refractivity contribution >= 4 is 51.3 Å². The van der Waals surface area contributed by atoms with E-state index in [0.717, 1.165) is 25.9 Å². The molecular weight excluding hydrogens is 699 g/mol. The molecule has 0 atom stereocenters. The number of hydrazine groups is 1. The fourth-order valence-electron chi connectivity index (χ4n) is 8.06. The molecule has 0 bridgehead atoms. The van der Waals surface area contributed by atoms with Gasteiger partial charge in [-0.05, 0) is 62.8 Å². The average molecular weight is 749 g/mol. The van der Waals surface area contributed by atoms with E-state index in [2.05, 4.69) is 34.1 Å². The van der Waals surface area contributed by atoms with Crippen molar-refractivity contribution in [3.8, 4) is 0 Å². The number of carbonyl (C=O) groups is 3. The average Bonchev–Trinajstić information content (AvgIpc) is 4.04. The first-order chi connectivity index (χ1) is 26.3. The number of azo groups is 1. The summed E-state index contributed by atoms with van der Waals surface area (Å²) < 4.78 is 0. The SMILES string of the molecule is CCN(CCC1CCCC1)c1nc(NC(=O)c2ccccc2)c(C2=C(O)/C(=C3\C[N+](N(CC)CCC4CCCC4)=NC3=NC(=O)c3ccccc3)C2=O)s1. The third kappa shape index (κ3) is 8.08. The Hall–Kier alpha value is -4.97. The van der Waals surface area contributed by atoms with Gasteiger partial charge in [0, 0.05) is 34.1 Å². The second-order valence-corrected chi connectivity index (χ2v) is 15.6. The van der Waals surface area contributed by atoms with Crippen LogP contribution in [0.5, 0.6) is 0 Å². The normalized spacial score (nSPS) is 19.8. The van der Waals surface area contributed by atoms with E-state index in [1.807, 2.05) is 12.1 Å². The molecule has 0 saturated heterocycles. The van der Waals surface area contributed by atoms with Crippen LogP contribution in [0.4, 0.5) is 10.9 Å². The molecule has 3 aliphatic carbocycles. The predicted molar refractivity (Wildman–Crippen MR) is 212 cm³/mol. The first-order valence-corrected chi connectivity index (χ1v) is 20.4. The highest BCUT2D eigenvalue weighted by molar-refractivity contribution is 7.17. The number of nitrogens with one attached hydrogen (secondary N) is 1. The highest BCUT2D eigenvalue weighted by Crippen LogP contribution is 2.46. The number of rotatable bonds is 14. The van der Waals surface area contributed by atoms with Crippen LogP contribution >= 0.6 is 11.3 Å². The van der Waals surface area contributed by atoms with E-state index >= 15 is 0 Å². The van der Waals surface area contributed by atoms with Crippen LogP contribution in [0, 0.1) is 11.8 Å². The molecule has 2 N–H and O–H groups in total. The fraction of sp³-hybridized carbons (Fsp3) is 0.452. The van der Waals surface area contributed by atoms with Crippen molar-refractivity contribution in [1.82, 2.24) is 9.99 Å². The molecular formula is C42H50N7O4S+. The topological polar surface area (TPSA) is 131 Å². The summed E-state index contributed by atoms with van der Waals surface area (Å²) in [7, 11) is 0. The number of aromatic nitrogens is 1. The van der Waals surface area contributed by atoms with Gasteiger partial charge < -0.3 is 15.3 Å². The Balaban J connectivity index is 1.24. The van der Waals surface area contributed by atoms with Crippen LogP contribution in [0.25, 0.3) is 5.57 Å². The van der Waals surface area contributed by atoms with Gasteiger partial charge in [-0.25, -0.2) is 4.98 Å². The molecule has 1 aromatic heterocycles. The highest BCUT2D eigenvalue weighted by Gasteiger charge is 2.45. The monoisotopic (exact) mass is 748 g/mol. The van der Waals surface area contributed by atoms with E-state index < -0.39 is 11.7 Å². The summed E-state index contributed by atoms with van der Waals surface area (Å²) in [4.78, 5) is 54.7. The number of aliphatic imine (C=N–C) groups is 1. The molecule has 11 nitrogen and oxygen atoms in total. The maximum absolute atomic E-state index is 14.3. The Labute approximate surface area is 321 Å². The Bertz CT molecular complexity index is 1990. The van der Waals surface area contributed by atoms with Crippen molar-refractivity contribution in [1.29, 1.82) is 0 Å². The van der Waals surface area contributed by atoms with Crippen molar-refractivity contribution in [3.63, 3.8) is 0 Å². The van der Waals surface area contributed by atoms with Crippen LogP contribution in [0.2, 0.25) is 0 Å². The van der Waals surface area contributed by atoms with Gasteiger partial charge in [0.1, 0.15) is 5.76 Å². The Morgan fingerprint density at radius 3 is 2.07 bits per heavy atom. The van der Waals surface area contributed by atoms with Crippen LogP contribution in [-0.4, -0.2) is 76.1 Å². The van der Waals surface area contributed by atoms with Gasteiger partial charge in [0.2, 0.25) is 18.2 Å². The van der Waals surface area contributed by atoms with Gasteiger partial charge >= 0.3 is 0 Å². The van der Waals surface area contributed by atoms with E-state index in [1.165, 1.54) is 62.7 Å². The van der Waals surface area contributed by atoms with Gasteiger partial charge in [-0.1, -0.05) is 99.1 Å². The second-order valence-electron chi connectivity index (χ2n) is 14.6. The minimum absolute atomic E-state index is 0.0894. The summed E-state index contributed by atoms with van der Waals surface area (Å²) in [5.41, 5.74) is 1.44. The smallest absolute Gasteiger partial charge is 0.279 e. The molecule has 7 rings (SSSR count). The molecule has 0 unspecified atom stereocenters. The maximum Gasteiger partial charge on any atom is 0.279 e. The molecule has 282 valence electrons. The van der Waals surface area contributed by atoms with Gasteiger partial charge in [-0.3, -0.25) is 14.4 Å². The van der Waals surface area contributed by atoms with Crippen molar-refractivity contribution in [3.05, 3.63) is 93.6 Å². The number of carbonyl (C=O) groups excluding carboxylic acids is 3. The highest BCUT2D eigenvalue weighted by atomic mass is 32.1. The number of ketones is 1. The van der Waals surface area contributed by atoms with Crippen molar-refractivity contribution < 1.29 is 24.3 Å². The lowest BCUT2D eigenvalue weighted by atomic mass is 9.83. The van der Waals surface area contributed by atoms with Crippen LogP contribution < -0.4 is 10.2 Å². The van der Waals surface area contributed by atoms with Gasteiger partial charge in [0.05, 0.1) is 34.7 Å². The zero-order chi connectivity index (χ0) is 37.6. The van der Waals surface area contributed by atoms with E-state index in [9.17, 15) is 19.5 Å². The molecule has 12 heteroatoms. The molecule has 3 aromatic rings. The van der Waals surface area contributed by atoms with E-state index in [0.29, 0.717) is 51.6 Å². The Kier molecular flexibility index (Phi) is 11.8. The number of thiazole rings is 1. The first-order valence-electron chi connectivity index (χ1n) is 19.6. The summed E-state index contributed by atoms with van der Waals surface area (Å²) in [6, 6.07) is 17.6. The fourth-order valence-corrected chi connectivity index (χ4v) is 9.21. The van der Waals surface area contributed by atoms with Crippen LogP contribution in [-0.2, 0) is 4.79 Å². The van der Waals surface area contributed by atoms with Crippen molar-refractivity contribution in [2.75, 3.05) is 42.9 Å². The van der Waals surface area contributed by atoms with E-state index in [1.54, 1.807) is 53.3 Å². The first kappa shape index (κ1) is 37.3. The molecule has 0 radical (unpaired) electrons. The predicted octanol–water partition coefficient (Wildman–Crippen LogP) is 8.48. The minimum atomic E-state index is -0.478. The molecule has 4 aliphatic rings. The number of aliphatic hydroxyl groups is 1. The number of amidine groups is 1. The Morgan fingerprint density at radius 2 is 1.48 bits per heavy atom. The van der Waals surface area contributed by atoms with Crippen LogP contribution in [0.15, 0.2) is 87.7 Å². The summed E-state index contributed by atoms with van der Waals surface area (Å²) in [6.45, 7) is 7.32. The molecule has 2 saturated carbocycles. The quantitative estimate of drug-likeness (QED) is 0.125. The number of hydrogen-bond acceptors (Lipinski definition) is 8. The molecule has 54 heavy (non-hydrogen) atoms. The molecule has 1 aliphatic heterocycles. The lowest BCUT2D eigenvalue weighted by Crippen LogP contribution is -2.35. The second kappa shape index (κ2) is 17.0. The number of nitrogens with zero attached hydrogens (tertiary/aromatic N) is 6. The van der Waals surface area contributed by atoms with Gasteiger partial charge in [-0.2, -0.15) is 10.0 Å². The number of amides is 2. The molecule has 2 heterocycles. The van der Waals surface area contributed by atoms with Crippen molar-refractivity contribution in [2.24, 2.45) is 21.9 Å². The maximum atomic E-state index is 14.3. The Morgan fingerprint density at radius 1 is 0.870 bits per heavy atom. The summed E-state index contributed by atoms with van der Waals surface area (Å²) >= 11 is 1.30. The van der Waals surface area contributed by atoms with Crippen LogP contribution in [0.3, 0.4) is 0 Å². The number of hydrogen-bond donors (Lipinski definition) is 2. The number of Topliss-reactive ketones (excluding diaryl/α,β-unsaturated/α-hetero) is 1. The van der Waals surface area contributed by atoms with Crippen LogP contribution in [0.1, 0.15) is 104 Å². The third-order valence-corrected chi connectivity index (χ3v) is 12.4. The third-order valence-electron chi connectivity index (χ3n) is 11.2. The summed E-state index contributed by atoms with van der Waals surface area (Å²) in [6.07, 6.45) is 12.1. The zero-order valence-corrected chi connectivity index (χ0v) is 32.1. The van der Waals surface area contributed by atoms with Gasteiger partial charge in [-0.15, -0.1) is 0 Å². The van der Waals surface area contributed by atoms with Gasteiger partial charge in [0.25, 0.3) is 11.8 Å². The molecule has 2 fully saturated rings. The standard InChI is InChI=1S/C42H49N7O4S/c1-3-47(25-23-28-15-11-12-16-28)42-45-39(44-41(53)31-21-9-6-10-22-31)37(54-42)34-35(50)33(36(34)51)32-27-49(48(4-2)26-24-29-17-13-14-18-29)46-38(32)43-40(52)30-19-7-5-8-20-30/h5-10,19-22,28-29H,3-4,11-18,23-27H2,1-2H3,(H,43,46,52)/p+1. The van der Waals surface area contributed by atoms with E-state index in [4.69, 9.17) is 10.1 Å². The lowest BCUT2D eigenvalue weighted by Gasteiger charge is -2.22. The number of benzene rings is 2.